The van der Waals surface area contributed by atoms with Crippen LogP contribution >= 0.6 is 7.60 Å². The highest BCUT2D eigenvalue weighted by Gasteiger charge is 2.41. The molecule has 1 aromatic carbocycles. The molecule has 0 bridgehead atoms. The molecule has 0 aliphatic carbocycles. The zero-order valence-corrected chi connectivity index (χ0v) is 29.1. The summed E-state index contributed by atoms with van der Waals surface area (Å²) in [6.07, 6.45) is 6.75. The number of aromatic nitrogens is 1. The molecule has 5 atom stereocenters. The number of rotatable bonds is 13. The molecule has 2 aromatic rings. The molecule has 2 fully saturated rings. The molecule has 0 radical (unpaired) electrons. The van der Waals surface area contributed by atoms with E-state index in [-0.39, 0.29) is 36.7 Å². The SMILES string of the molecule is CCC(C)[C@@H]1NC(=O)C(Cc2cn(OC)c3ccccc23)NC(=O)[C@H](CCCCCP(=O)(OC)OC)NC(=O)[C@H]2CCCCN2C1=O. The van der Waals surface area contributed by atoms with E-state index in [0.717, 1.165) is 29.3 Å². The number of piperidine rings is 1. The van der Waals surface area contributed by atoms with Gasteiger partial charge in [0.2, 0.25) is 23.6 Å². The van der Waals surface area contributed by atoms with Gasteiger partial charge in [0.05, 0.1) is 11.7 Å². The van der Waals surface area contributed by atoms with Gasteiger partial charge in [-0.05, 0) is 49.7 Å². The van der Waals surface area contributed by atoms with Crippen LogP contribution in [0.25, 0.3) is 10.9 Å². The average Bonchev–Trinajstić information content (AvgIpc) is 3.45. The molecule has 4 amide bonds. The third-order valence-electron chi connectivity index (χ3n) is 9.49. The van der Waals surface area contributed by atoms with Crippen LogP contribution in [-0.2, 0) is 39.2 Å². The number of fused-ring (bicyclic) bond motifs is 2. The molecule has 1 aromatic heterocycles. The predicted octanol–water partition coefficient (Wildman–Crippen LogP) is 3.18. The molecule has 47 heavy (non-hydrogen) atoms. The van der Waals surface area contributed by atoms with Crippen LogP contribution in [0.5, 0.6) is 0 Å². The van der Waals surface area contributed by atoms with E-state index >= 15 is 0 Å². The first-order valence-electron chi connectivity index (χ1n) is 16.6. The first-order chi connectivity index (χ1) is 22.5. The summed E-state index contributed by atoms with van der Waals surface area (Å²) >= 11 is 0. The van der Waals surface area contributed by atoms with Crippen LogP contribution in [-0.4, -0.2) is 91.5 Å². The van der Waals surface area contributed by atoms with E-state index in [1.165, 1.54) is 14.2 Å². The van der Waals surface area contributed by atoms with Crippen molar-refractivity contribution in [2.24, 2.45) is 5.92 Å². The Kier molecular flexibility index (Phi) is 12.9. The number of unbranched alkanes of at least 4 members (excludes halogenated alkanes) is 2. The lowest BCUT2D eigenvalue weighted by atomic mass is 9.93. The summed E-state index contributed by atoms with van der Waals surface area (Å²) in [5.74, 6) is -1.82. The van der Waals surface area contributed by atoms with Gasteiger partial charge >= 0.3 is 7.60 Å². The molecule has 2 unspecified atom stereocenters. The van der Waals surface area contributed by atoms with Crippen LogP contribution in [0.4, 0.5) is 0 Å². The number of carbonyl (C=O) groups is 4. The van der Waals surface area contributed by atoms with Gasteiger partial charge in [-0.15, -0.1) is 0 Å². The average molecular weight is 676 g/mol. The molecule has 3 heterocycles. The fraction of sp³-hybridized carbons (Fsp3) is 0.636. The maximum absolute atomic E-state index is 14.1. The Hall–Kier alpha value is -3.41. The minimum absolute atomic E-state index is 0.131. The van der Waals surface area contributed by atoms with Gasteiger partial charge in [0.15, 0.2) is 0 Å². The standard InChI is InChI=1S/C33H50N5O8P/c1-6-22(2)29-33(42)37-18-12-11-17-28(37)32(41)34-25(15-8-7-13-19-47(43,45-4)46-5)30(39)35-26(31(40)36-29)20-23-21-38(44-3)27-16-10-9-14-24(23)27/h9-10,14,16,21-22,25-26,28-29H,6-8,11-13,15,17-20H2,1-5H3,(H,34,41)(H,35,39)(H,36,40)/t22?,25-,26?,28+,29-/m0/s1. The number of nitrogens with one attached hydrogen (secondary N) is 3. The van der Waals surface area contributed by atoms with Crippen molar-refractivity contribution in [2.45, 2.75) is 95.8 Å². The summed E-state index contributed by atoms with van der Waals surface area (Å²) in [6.45, 7) is 4.25. The quantitative estimate of drug-likeness (QED) is 0.216. The van der Waals surface area contributed by atoms with Crippen LogP contribution < -0.4 is 20.8 Å². The van der Waals surface area contributed by atoms with E-state index in [1.54, 1.807) is 22.9 Å². The van der Waals surface area contributed by atoms with Crippen molar-refractivity contribution < 1.29 is 37.6 Å². The second-order valence-corrected chi connectivity index (χ2v) is 14.9. The zero-order valence-electron chi connectivity index (χ0n) is 28.2. The molecule has 0 spiro atoms. The Bertz CT molecular complexity index is 1460. The van der Waals surface area contributed by atoms with Crippen LogP contribution in [0.2, 0.25) is 0 Å². The monoisotopic (exact) mass is 675 g/mol. The number of nitrogens with zero attached hydrogens (tertiary/aromatic N) is 2. The highest BCUT2D eigenvalue weighted by atomic mass is 31.2. The Morgan fingerprint density at radius 1 is 0.915 bits per heavy atom. The predicted molar refractivity (Wildman–Crippen MR) is 178 cm³/mol. The fourth-order valence-corrected chi connectivity index (χ4v) is 7.57. The van der Waals surface area contributed by atoms with Gasteiger partial charge in [0.1, 0.15) is 31.3 Å². The van der Waals surface area contributed by atoms with Crippen molar-refractivity contribution in [2.75, 3.05) is 34.0 Å². The van der Waals surface area contributed by atoms with Gasteiger partial charge in [-0.25, -0.2) is 0 Å². The number of hydrogen-bond acceptors (Lipinski definition) is 8. The van der Waals surface area contributed by atoms with Crippen molar-refractivity contribution in [3.8, 4) is 0 Å². The first-order valence-corrected chi connectivity index (χ1v) is 18.3. The smallest absolute Gasteiger partial charge is 0.330 e. The van der Waals surface area contributed by atoms with E-state index in [4.69, 9.17) is 13.9 Å². The van der Waals surface area contributed by atoms with Crippen LogP contribution in [0.1, 0.15) is 70.8 Å². The van der Waals surface area contributed by atoms with Crippen molar-refractivity contribution in [3.05, 3.63) is 36.0 Å². The van der Waals surface area contributed by atoms with Crippen LogP contribution in [0.3, 0.4) is 0 Å². The molecule has 13 nitrogen and oxygen atoms in total. The molecule has 2 aliphatic heterocycles. The largest absolute Gasteiger partial charge is 0.417 e. The van der Waals surface area contributed by atoms with E-state index in [2.05, 4.69) is 16.0 Å². The summed E-state index contributed by atoms with van der Waals surface area (Å²) in [7, 11) is 1.09. The number of amides is 4. The minimum atomic E-state index is -3.15. The maximum atomic E-state index is 14.1. The summed E-state index contributed by atoms with van der Waals surface area (Å²) in [5, 5.41) is 9.69. The number of para-hydroxylation sites is 1. The summed E-state index contributed by atoms with van der Waals surface area (Å²) in [6, 6.07) is 4.03. The first kappa shape index (κ1) is 36.4. The van der Waals surface area contributed by atoms with E-state index in [0.29, 0.717) is 38.6 Å². The second kappa shape index (κ2) is 16.6. The van der Waals surface area contributed by atoms with E-state index < -0.39 is 43.6 Å². The number of hydrogen-bond donors (Lipinski definition) is 3. The maximum Gasteiger partial charge on any atom is 0.330 e. The Balaban J connectivity index is 1.65. The molecular weight excluding hydrogens is 625 g/mol. The van der Waals surface area contributed by atoms with E-state index in [1.807, 2.05) is 38.1 Å². The lowest BCUT2D eigenvalue weighted by Gasteiger charge is -2.39. The fourth-order valence-electron chi connectivity index (χ4n) is 6.44. The third-order valence-corrected chi connectivity index (χ3v) is 11.5. The van der Waals surface area contributed by atoms with Gasteiger partial charge < -0.3 is 34.7 Å². The van der Waals surface area contributed by atoms with Gasteiger partial charge in [0, 0.05) is 38.8 Å². The highest BCUT2D eigenvalue weighted by Crippen LogP contribution is 2.47. The summed E-state index contributed by atoms with van der Waals surface area (Å²) in [4.78, 5) is 63.0. The molecular formula is C33H50N5O8P. The number of benzene rings is 1. The van der Waals surface area contributed by atoms with Gasteiger partial charge in [-0.3, -0.25) is 23.7 Å². The van der Waals surface area contributed by atoms with Crippen molar-refractivity contribution in [3.63, 3.8) is 0 Å². The van der Waals surface area contributed by atoms with Gasteiger partial charge in [-0.1, -0.05) is 51.3 Å². The zero-order chi connectivity index (χ0) is 34.1. The molecule has 2 saturated heterocycles. The molecule has 14 heteroatoms. The lowest BCUT2D eigenvalue weighted by molar-refractivity contribution is -0.147. The Morgan fingerprint density at radius 2 is 1.62 bits per heavy atom. The van der Waals surface area contributed by atoms with Crippen LogP contribution in [0.15, 0.2) is 30.5 Å². The summed E-state index contributed by atoms with van der Waals surface area (Å²) in [5.41, 5.74) is 1.59. The molecule has 3 N–H and O–H groups in total. The third kappa shape index (κ3) is 8.74. The van der Waals surface area contributed by atoms with Crippen LogP contribution in [0, 0.1) is 5.92 Å². The Morgan fingerprint density at radius 3 is 2.32 bits per heavy atom. The number of carbonyl (C=O) groups excluding carboxylic acids is 4. The lowest BCUT2D eigenvalue weighted by Crippen LogP contribution is -2.64. The van der Waals surface area contributed by atoms with Crippen molar-refractivity contribution in [1.29, 1.82) is 0 Å². The molecule has 4 rings (SSSR count). The van der Waals surface area contributed by atoms with Crippen molar-refractivity contribution >= 4 is 42.1 Å². The normalized spacial score (nSPS) is 23.6. The van der Waals surface area contributed by atoms with Gasteiger partial charge in [-0.2, -0.15) is 4.73 Å². The highest BCUT2D eigenvalue weighted by molar-refractivity contribution is 7.53. The summed E-state index contributed by atoms with van der Waals surface area (Å²) < 4.78 is 24.1. The molecule has 0 saturated carbocycles. The topological polar surface area (TPSA) is 157 Å². The molecule has 260 valence electrons. The van der Waals surface area contributed by atoms with Gasteiger partial charge in [0.25, 0.3) is 0 Å². The minimum Gasteiger partial charge on any atom is -0.417 e. The Labute approximate surface area is 276 Å². The molecule has 2 aliphatic rings. The second-order valence-electron chi connectivity index (χ2n) is 12.5. The van der Waals surface area contributed by atoms with Crippen molar-refractivity contribution in [1.82, 2.24) is 25.6 Å². The van der Waals surface area contributed by atoms with E-state index in [9.17, 15) is 23.7 Å².